The van der Waals surface area contributed by atoms with Gasteiger partial charge in [-0.2, -0.15) is 0 Å². The molecule has 106 valence electrons. The molecule has 0 fully saturated rings. The zero-order chi connectivity index (χ0) is 14.4. The van der Waals surface area contributed by atoms with Crippen LogP contribution < -0.4 is 10.1 Å². The standard InChI is InChI=1S/C16H21N3O/c1-4-17-13(3)14-6-7-15(12(2)10-14)20-11-16-18-8-5-9-19-16/h5-10,13,17H,4,11H2,1-3H3. The first kappa shape index (κ1) is 14.5. The summed E-state index contributed by atoms with van der Waals surface area (Å²) in [7, 11) is 0. The Morgan fingerprint density at radius 3 is 2.65 bits per heavy atom. The Morgan fingerprint density at radius 1 is 1.25 bits per heavy atom. The lowest BCUT2D eigenvalue weighted by Crippen LogP contribution is -2.17. The van der Waals surface area contributed by atoms with Crippen molar-refractivity contribution in [3.8, 4) is 5.75 Å². The molecule has 4 heteroatoms. The number of nitrogens with zero attached hydrogens (tertiary/aromatic N) is 2. The van der Waals surface area contributed by atoms with Gasteiger partial charge in [0.05, 0.1) is 0 Å². The molecule has 0 saturated heterocycles. The van der Waals surface area contributed by atoms with Crippen molar-refractivity contribution in [1.29, 1.82) is 0 Å². The third kappa shape index (κ3) is 3.78. The minimum Gasteiger partial charge on any atom is -0.485 e. The molecule has 0 aliphatic carbocycles. The lowest BCUT2D eigenvalue weighted by molar-refractivity contribution is 0.293. The lowest BCUT2D eigenvalue weighted by atomic mass is 10.1. The fourth-order valence-electron chi connectivity index (χ4n) is 2.07. The minimum atomic E-state index is 0.352. The summed E-state index contributed by atoms with van der Waals surface area (Å²) < 4.78 is 5.77. The fraction of sp³-hybridized carbons (Fsp3) is 0.375. The Balaban J connectivity index is 2.02. The van der Waals surface area contributed by atoms with Crippen LogP contribution in [0, 0.1) is 6.92 Å². The van der Waals surface area contributed by atoms with E-state index in [2.05, 4.69) is 48.2 Å². The normalized spacial score (nSPS) is 12.2. The first-order valence-electron chi connectivity index (χ1n) is 6.93. The topological polar surface area (TPSA) is 47.0 Å². The molecule has 1 aromatic carbocycles. The molecule has 2 rings (SSSR count). The van der Waals surface area contributed by atoms with Crippen LogP contribution in [0.4, 0.5) is 0 Å². The quantitative estimate of drug-likeness (QED) is 0.877. The molecule has 1 aromatic heterocycles. The second-order valence-corrected chi connectivity index (χ2v) is 4.76. The van der Waals surface area contributed by atoms with E-state index in [9.17, 15) is 0 Å². The second-order valence-electron chi connectivity index (χ2n) is 4.76. The van der Waals surface area contributed by atoms with Crippen LogP contribution in [0.5, 0.6) is 5.75 Å². The minimum absolute atomic E-state index is 0.352. The summed E-state index contributed by atoms with van der Waals surface area (Å²) in [5, 5.41) is 3.41. The third-order valence-electron chi connectivity index (χ3n) is 3.19. The van der Waals surface area contributed by atoms with Gasteiger partial charge in [-0.3, -0.25) is 0 Å². The van der Waals surface area contributed by atoms with Crippen LogP contribution in [0.25, 0.3) is 0 Å². The highest BCUT2D eigenvalue weighted by Gasteiger charge is 2.07. The van der Waals surface area contributed by atoms with Crippen molar-refractivity contribution >= 4 is 0 Å². The summed E-state index contributed by atoms with van der Waals surface area (Å²) in [5.74, 6) is 1.57. The summed E-state index contributed by atoms with van der Waals surface area (Å²) >= 11 is 0. The van der Waals surface area contributed by atoms with Crippen molar-refractivity contribution in [2.24, 2.45) is 0 Å². The molecule has 0 spiro atoms. The molecule has 0 amide bonds. The van der Waals surface area contributed by atoms with Crippen LogP contribution in [0.2, 0.25) is 0 Å². The number of aromatic nitrogens is 2. The van der Waals surface area contributed by atoms with E-state index in [4.69, 9.17) is 4.74 Å². The Morgan fingerprint density at radius 2 is 2.00 bits per heavy atom. The number of hydrogen-bond donors (Lipinski definition) is 1. The number of rotatable bonds is 6. The average molecular weight is 271 g/mol. The molecule has 20 heavy (non-hydrogen) atoms. The van der Waals surface area contributed by atoms with Crippen molar-refractivity contribution < 1.29 is 4.74 Å². The molecular formula is C16H21N3O. The molecule has 1 heterocycles. The van der Waals surface area contributed by atoms with E-state index in [1.807, 2.05) is 6.07 Å². The molecule has 0 aliphatic heterocycles. The van der Waals surface area contributed by atoms with Gasteiger partial charge in [-0.1, -0.05) is 19.1 Å². The van der Waals surface area contributed by atoms with E-state index in [0.29, 0.717) is 18.5 Å². The maximum absolute atomic E-state index is 5.77. The van der Waals surface area contributed by atoms with Gasteiger partial charge in [-0.25, -0.2) is 9.97 Å². The molecule has 0 saturated carbocycles. The van der Waals surface area contributed by atoms with Crippen LogP contribution in [0.15, 0.2) is 36.7 Å². The molecule has 1 N–H and O–H groups in total. The van der Waals surface area contributed by atoms with Gasteiger partial charge in [0, 0.05) is 18.4 Å². The third-order valence-corrected chi connectivity index (χ3v) is 3.19. The SMILES string of the molecule is CCNC(C)c1ccc(OCc2ncccn2)c(C)c1. The van der Waals surface area contributed by atoms with Gasteiger partial charge in [-0.15, -0.1) is 0 Å². The van der Waals surface area contributed by atoms with Crippen LogP contribution in [0.1, 0.15) is 36.8 Å². The van der Waals surface area contributed by atoms with E-state index >= 15 is 0 Å². The zero-order valence-corrected chi connectivity index (χ0v) is 12.3. The zero-order valence-electron chi connectivity index (χ0n) is 12.3. The average Bonchev–Trinajstić information content (AvgIpc) is 2.47. The van der Waals surface area contributed by atoms with E-state index in [1.165, 1.54) is 5.56 Å². The summed E-state index contributed by atoms with van der Waals surface area (Å²) in [6.07, 6.45) is 3.44. The van der Waals surface area contributed by atoms with Crippen LogP contribution in [0.3, 0.4) is 0 Å². The van der Waals surface area contributed by atoms with Crippen molar-refractivity contribution in [2.75, 3.05) is 6.54 Å². The molecule has 1 atom stereocenters. The molecule has 4 nitrogen and oxygen atoms in total. The summed E-state index contributed by atoms with van der Waals surface area (Å²) in [6.45, 7) is 7.69. The van der Waals surface area contributed by atoms with Gasteiger partial charge >= 0.3 is 0 Å². The number of nitrogens with one attached hydrogen (secondary N) is 1. The maximum Gasteiger partial charge on any atom is 0.166 e. The highest BCUT2D eigenvalue weighted by Crippen LogP contribution is 2.23. The second kappa shape index (κ2) is 7.01. The predicted octanol–water partition coefficient (Wildman–Crippen LogP) is 3.03. The van der Waals surface area contributed by atoms with Gasteiger partial charge in [-0.05, 0) is 43.7 Å². The van der Waals surface area contributed by atoms with Crippen molar-refractivity contribution in [2.45, 2.75) is 33.4 Å². The van der Waals surface area contributed by atoms with Gasteiger partial charge in [0.15, 0.2) is 5.82 Å². The van der Waals surface area contributed by atoms with Crippen molar-refractivity contribution in [3.63, 3.8) is 0 Å². The predicted molar refractivity (Wildman–Crippen MR) is 79.6 cm³/mol. The maximum atomic E-state index is 5.77. The highest BCUT2D eigenvalue weighted by molar-refractivity contribution is 5.37. The van der Waals surface area contributed by atoms with Crippen LogP contribution in [-0.2, 0) is 6.61 Å². The largest absolute Gasteiger partial charge is 0.485 e. The Bertz CT molecular complexity index is 543. The van der Waals surface area contributed by atoms with E-state index in [1.54, 1.807) is 18.5 Å². The van der Waals surface area contributed by atoms with Crippen molar-refractivity contribution in [1.82, 2.24) is 15.3 Å². The smallest absolute Gasteiger partial charge is 0.166 e. The fourth-order valence-corrected chi connectivity index (χ4v) is 2.07. The lowest BCUT2D eigenvalue weighted by Gasteiger charge is -2.15. The van der Waals surface area contributed by atoms with Crippen molar-refractivity contribution in [3.05, 3.63) is 53.6 Å². The molecule has 0 bridgehead atoms. The Hall–Kier alpha value is -1.94. The van der Waals surface area contributed by atoms with E-state index < -0.39 is 0 Å². The molecule has 1 unspecified atom stereocenters. The first-order valence-corrected chi connectivity index (χ1v) is 6.93. The van der Waals surface area contributed by atoms with Gasteiger partial charge < -0.3 is 10.1 Å². The first-order chi connectivity index (χ1) is 9.70. The summed E-state index contributed by atoms with van der Waals surface area (Å²) in [6, 6.07) is 8.42. The van der Waals surface area contributed by atoms with E-state index in [-0.39, 0.29) is 0 Å². The molecule has 0 radical (unpaired) electrons. The van der Waals surface area contributed by atoms with Gasteiger partial charge in [0.1, 0.15) is 12.4 Å². The molecular weight excluding hydrogens is 250 g/mol. The van der Waals surface area contributed by atoms with E-state index in [0.717, 1.165) is 17.9 Å². The Kier molecular flexibility index (Phi) is 5.07. The summed E-state index contributed by atoms with van der Waals surface area (Å²) in [5.41, 5.74) is 2.40. The number of ether oxygens (including phenoxy) is 1. The van der Waals surface area contributed by atoms with Crippen LogP contribution in [-0.4, -0.2) is 16.5 Å². The summed E-state index contributed by atoms with van der Waals surface area (Å²) in [4.78, 5) is 8.29. The Labute approximate surface area is 120 Å². The molecule has 2 aromatic rings. The monoisotopic (exact) mass is 271 g/mol. The molecule has 0 aliphatic rings. The highest BCUT2D eigenvalue weighted by atomic mass is 16.5. The number of benzene rings is 1. The number of aryl methyl sites for hydroxylation is 1. The number of hydrogen-bond acceptors (Lipinski definition) is 4. The van der Waals surface area contributed by atoms with Crippen LogP contribution >= 0.6 is 0 Å². The van der Waals surface area contributed by atoms with Gasteiger partial charge in [0.25, 0.3) is 0 Å². The van der Waals surface area contributed by atoms with Gasteiger partial charge in [0.2, 0.25) is 0 Å².